The highest BCUT2D eigenvalue weighted by atomic mass is 32.2. The van der Waals surface area contributed by atoms with Crippen molar-refractivity contribution in [3.8, 4) is 5.75 Å². The summed E-state index contributed by atoms with van der Waals surface area (Å²) in [6.07, 6.45) is 0.810. The Morgan fingerprint density at radius 3 is 2.35 bits per heavy atom. The molecular weight excluding hydrogens is 412 g/mol. The van der Waals surface area contributed by atoms with Crippen LogP contribution in [0.1, 0.15) is 23.6 Å². The number of amides is 1. The number of benzene rings is 3. The van der Waals surface area contributed by atoms with Gasteiger partial charge in [0.05, 0.1) is 4.90 Å². The Kier molecular flexibility index (Phi) is 6.97. The summed E-state index contributed by atoms with van der Waals surface area (Å²) in [5.41, 5.74) is 4.31. The molecule has 7 heteroatoms. The molecule has 0 radical (unpaired) electrons. The van der Waals surface area contributed by atoms with Gasteiger partial charge in [-0.15, -0.1) is 0 Å². The van der Waals surface area contributed by atoms with E-state index in [0.29, 0.717) is 11.4 Å². The number of rotatable bonds is 8. The Labute approximate surface area is 183 Å². The Hall–Kier alpha value is -3.32. The molecule has 0 aliphatic heterocycles. The monoisotopic (exact) mass is 438 g/mol. The van der Waals surface area contributed by atoms with Crippen LogP contribution in [0, 0.1) is 13.8 Å². The van der Waals surface area contributed by atoms with E-state index in [1.54, 1.807) is 18.2 Å². The number of sulfonamides is 1. The molecule has 0 aliphatic carbocycles. The fourth-order valence-electron chi connectivity index (χ4n) is 3.16. The van der Waals surface area contributed by atoms with Crippen molar-refractivity contribution in [2.45, 2.75) is 32.1 Å². The van der Waals surface area contributed by atoms with E-state index in [-0.39, 0.29) is 17.4 Å². The van der Waals surface area contributed by atoms with Crippen LogP contribution in [0.2, 0.25) is 0 Å². The molecule has 0 heterocycles. The number of carbonyl (C=O) groups excluding carboxylic acids is 1. The van der Waals surface area contributed by atoms with E-state index in [1.807, 2.05) is 45.0 Å². The molecule has 0 aromatic heterocycles. The average molecular weight is 439 g/mol. The first-order valence-electron chi connectivity index (χ1n) is 9.99. The second kappa shape index (κ2) is 9.66. The predicted octanol–water partition coefficient (Wildman–Crippen LogP) is 4.68. The maximum absolute atomic E-state index is 12.6. The standard InChI is InChI=1S/C24H26N2O4S/c1-4-19-9-6-8-18(3)24(19)25-23(27)16-30-21-11-13-22(14-12-21)31(28,29)26-20-10-5-7-17(2)15-20/h5-15,26H,4,16H2,1-3H3,(H,25,27). The van der Waals surface area contributed by atoms with Gasteiger partial charge in [0.1, 0.15) is 5.75 Å². The molecule has 0 saturated carbocycles. The molecule has 0 saturated heterocycles. The van der Waals surface area contributed by atoms with Gasteiger partial charge in [-0.05, 0) is 73.4 Å². The highest BCUT2D eigenvalue weighted by molar-refractivity contribution is 7.92. The van der Waals surface area contributed by atoms with Gasteiger partial charge in [-0.3, -0.25) is 9.52 Å². The van der Waals surface area contributed by atoms with Crippen molar-refractivity contribution in [1.82, 2.24) is 0 Å². The Bertz CT molecular complexity index is 1170. The summed E-state index contributed by atoms with van der Waals surface area (Å²) in [4.78, 5) is 12.4. The molecule has 0 bridgehead atoms. The van der Waals surface area contributed by atoms with Gasteiger partial charge in [0.15, 0.2) is 6.61 Å². The van der Waals surface area contributed by atoms with Crippen molar-refractivity contribution >= 4 is 27.3 Å². The number of carbonyl (C=O) groups is 1. The van der Waals surface area contributed by atoms with E-state index in [4.69, 9.17) is 4.74 Å². The topological polar surface area (TPSA) is 84.5 Å². The van der Waals surface area contributed by atoms with Gasteiger partial charge >= 0.3 is 0 Å². The molecule has 3 rings (SSSR count). The SMILES string of the molecule is CCc1cccc(C)c1NC(=O)COc1ccc(S(=O)(=O)Nc2cccc(C)c2)cc1. The lowest BCUT2D eigenvalue weighted by atomic mass is 10.1. The van der Waals surface area contributed by atoms with Crippen molar-refractivity contribution in [1.29, 1.82) is 0 Å². The Morgan fingerprint density at radius 1 is 0.968 bits per heavy atom. The Balaban J connectivity index is 1.61. The van der Waals surface area contributed by atoms with Gasteiger partial charge in [0, 0.05) is 11.4 Å². The Morgan fingerprint density at radius 2 is 1.68 bits per heavy atom. The minimum Gasteiger partial charge on any atom is -0.484 e. The third-order valence-corrected chi connectivity index (χ3v) is 6.18. The van der Waals surface area contributed by atoms with Crippen LogP contribution in [0.5, 0.6) is 5.75 Å². The summed E-state index contributed by atoms with van der Waals surface area (Å²) < 4.78 is 33.2. The quantitative estimate of drug-likeness (QED) is 0.535. The van der Waals surface area contributed by atoms with Crippen LogP contribution < -0.4 is 14.8 Å². The molecule has 0 atom stereocenters. The van der Waals surface area contributed by atoms with Crippen LogP contribution in [-0.4, -0.2) is 20.9 Å². The second-order valence-corrected chi connectivity index (χ2v) is 8.93. The van der Waals surface area contributed by atoms with E-state index in [0.717, 1.165) is 28.8 Å². The normalized spacial score (nSPS) is 11.1. The average Bonchev–Trinajstić information content (AvgIpc) is 2.73. The number of hydrogen-bond acceptors (Lipinski definition) is 4. The molecule has 0 fully saturated rings. The first-order valence-corrected chi connectivity index (χ1v) is 11.5. The summed E-state index contributed by atoms with van der Waals surface area (Å²) in [6, 6.07) is 19.0. The first kappa shape index (κ1) is 22.4. The zero-order valence-electron chi connectivity index (χ0n) is 17.8. The number of ether oxygens (including phenoxy) is 1. The second-order valence-electron chi connectivity index (χ2n) is 7.25. The lowest BCUT2D eigenvalue weighted by molar-refractivity contribution is -0.118. The number of anilines is 2. The minimum atomic E-state index is -3.72. The fourth-order valence-corrected chi connectivity index (χ4v) is 4.21. The molecule has 2 N–H and O–H groups in total. The number of para-hydroxylation sites is 1. The van der Waals surface area contributed by atoms with Gasteiger partial charge in [-0.1, -0.05) is 37.3 Å². The summed E-state index contributed by atoms with van der Waals surface area (Å²) in [5, 5.41) is 2.90. The van der Waals surface area contributed by atoms with Crippen LogP contribution in [-0.2, 0) is 21.2 Å². The van der Waals surface area contributed by atoms with Crippen LogP contribution in [0.3, 0.4) is 0 Å². The molecule has 31 heavy (non-hydrogen) atoms. The van der Waals surface area contributed by atoms with Gasteiger partial charge in [0.25, 0.3) is 15.9 Å². The fraction of sp³-hybridized carbons (Fsp3) is 0.208. The molecule has 1 amide bonds. The highest BCUT2D eigenvalue weighted by Gasteiger charge is 2.15. The zero-order chi connectivity index (χ0) is 22.4. The van der Waals surface area contributed by atoms with Gasteiger partial charge in [0.2, 0.25) is 0 Å². The van der Waals surface area contributed by atoms with Crippen molar-refractivity contribution in [3.05, 3.63) is 83.4 Å². The maximum atomic E-state index is 12.6. The molecule has 6 nitrogen and oxygen atoms in total. The zero-order valence-corrected chi connectivity index (χ0v) is 18.6. The number of nitrogens with one attached hydrogen (secondary N) is 2. The predicted molar refractivity (Wildman–Crippen MR) is 123 cm³/mol. The van der Waals surface area contributed by atoms with E-state index < -0.39 is 10.0 Å². The first-order chi connectivity index (χ1) is 14.8. The molecule has 0 spiro atoms. The molecule has 0 unspecified atom stereocenters. The third-order valence-electron chi connectivity index (χ3n) is 4.78. The van der Waals surface area contributed by atoms with E-state index in [2.05, 4.69) is 10.0 Å². The lowest BCUT2D eigenvalue weighted by Crippen LogP contribution is -2.21. The van der Waals surface area contributed by atoms with Crippen molar-refractivity contribution in [2.75, 3.05) is 16.6 Å². The highest BCUT2D eigenvalue weighted by Crippen LogP contribution is 2.22. The largest absolute Gasteiger partial charge is 0.484 e. The summed E-state index contributed by atoms with van der Waals surface area (Å²) in [7, 11) is -3.72. The minimum absolute atomic E-state index is 0.110. The van der Waals surface area contributed by atoms with Gasteiger partial charge in [-0.25, -0.2) is 8.42 Å². The van der Waals surface area contributed by atoms with Crippen LogP contribution in [0.15, 0.2) is 71.6 Å². The molecule has 3 aromatic carbocycles. The molecule has 3 aromatic rings. The summed E-state index contributed by atoms with van der Waals surface area (Å²) >= 11 is 0. The summed E-state index contributed by atoms with van der Waals surface area (Å²) in [5.74, 6) is 0.131. The number of aryl methyl sites for hydroxylation is 3. The van der Waals surface area contributed by atoms with E-state index >= 15 is 0 Å². The van der Waals surface area contributed by atoms with Crippen molar-refractivity contribution < 1.29 is 17.9 Å². The van der Waals surface area contributed by atoms with Crippen LogP contribution >= 0.6 is 0 Å². The van der Waals surface area contributed by atoms with Crippen LogP contribution in [0.25, 0.3) is 0 Å². The van der Waals surface area contributed by atoms with E-state index in [1.165, 1.54) is 24.3 Å². The van der Waals surface area contributed by atoms with Gasteiger partial charge in [-0.2, -0.15) is 0 Å². The number of hydrogen-bond donors (Lipinski definition) is 2. The third kappa shape index (κ3) is 5.86. The molecular formula is C24H26N2O4S. The van der Waals surface area contributed by atoms with Gasteiger partial charge < -0.3 is 10.1 Å². The van der Waals surface area contributed by atoms with Crippen molar-refractivity contribution in [2.24, 2.45) is 0 Å². The molecule has 162 valence electrons. The lowest BCUT2D eigenvalue weighted by Gasteiger charge is -2.13. The van der Waals surface area contributed by atoms with Crippen LogP contribution in [0.4, 0.5) is 11.4 Å². The maximum Gasteiger partial charge on any atom is 0.262 e. The van der Waals surface area contributed by atoms with E-state index in [9.17, 15) is 13.2 Å². The van der Waals surface area contributed by atoms with Crippen molar-refractivity contribution in [3.63, 3.8) is 0 Å². The molecule has 0 aliphatic rings. The smallest absolute Gasteiger partial charge is 0.262 e. The summed E-state index contributed by atoms with van der Waals surface area (Å²) in [6.45, 7) is 5.69.